The van der Waals surface area contributed by atoms with Crippen LogP contribution < -0.4 is 4.90 Å². The number of para-hydroxylation sites is 1. The molecule has 0 fully saturated rings. The summed E-state index contributed by atoms with van der Waals surface area (Å²) < 4.78 is 5.63. The Labute approximate surface area is 106 Å². The highest BCUT2D eigenvalue weighted by molar-refractivity contribution is 5.92. The molecular formula is C14H17NO3. The Balaban J connectivity index is 2.26. The summed E-state index contributed by atoms with van der Waals surface area (Å²) in [7, 11) is 0. The maximum absolute atomic E-state index is 11.4. The van der Waals surface area contributed by atoms with Gasteiger partial charge in [-0.3, -0.25) is 0 Å². The minimum Gasteiger partial charge on any atom is -0.465 e. The summed E-state index contributed by atoms with van der Waals surface area (Å²) in [4.78, 5) is 12.6. The quantitative estimate of drug-likeness (QED) is 0.892. The lowest BCUT2D eigenvalue weighted by Crippen LogP contribution is -2.42. The van der Waals surface area contributed by atoms with Crippen molar-refractivity contribution in [3.05, 3.63) is 35.9 Å². The predicted molar refractivity (Wildman–Crippen MR) is 70.6 cm³/mol. The summed E-state index contributed by atoms with van der Waals surface area (Å²) >= 11 is 0. The van der Waals surface area contributed by atoms with Crippen molar-refractivity contribution in [3.63, 3.8) is 0 Å². The minimum atomic E-state index is -0.999. The van der Waals surface area contributed by atoms with Crippen LogP contribution in [0.2, 0.25) is 0 Å². The second-order valence-corrected chi connectivity index (χ2v) is 4.69. The molecule has 0 bridgehead atoms. The highest BCUT2D eigenvalue weighted by Gasteiger charge is 2.28. The van der Waals surface area contributed by atoms with Crippen molar-refractivity contribution in [2.45, 2.75) is 20.1 Å². The van der Waals surface area contributed by atoms with E-state index in [2.05, 4.69) is 0 Å². The van der Waals surface area contributed by atoms with Crippen LogP contribution in [0.25, 0.3) is 6.08 Å². The molecule has 1 N–H and O–H groups in total. The largest absolute Gasteiger partial charge is 0.465 e. The normalized spacial score (nSPS) is 17.9. The molecule has 1 atom stereocenters. The molecule has 0 saturated heterocycles. The summed E-state index contributed by atoms with van der Waals surface area (Å²) in [5.41, 5.74) is 1.56. The van der Waals surface area contributed by atoms with E-state index in [-0.39, 0.29) is 0 Å². The van der Waals surface area contributed by atoms with Gasteiger partial charge >= 0.3 is 6.09 Å². The van der Waals surface area contributed by atoms with E-state index in [1.807, 2.05) is 38.1 Å². The smallest absolute Gasteiger partial charge is 0.414 e. The summed E-state index contributed by atoms with van der Waals surface area (Å²) in [6, 6.07) is 7.39. The lowest BCUT2D eigenvalue weighted by Gasteiger charge is -2.31. The number of amides is 1. The van der Waals surface area contributed by atoms with Gasteiger partial charge in [0.25, 0.3) is 0 Å². The van der Waals surface area contributed by atoms with Crippen molar-refractivity contribution in [1.29, 1.82) is 0 Å². The molecule has 1 aliphatic rings. The zero-order valence-electron chi connectivity index (χ0n) is 10.5. The molecule has 0 spiro atoms. The fourth-order valence-corrected chi connectivity index (χ4v) is 1.89. The number of nitrogens with zero attached hydrogens (tertiary/aromatic N) is 1. The van der Waals surface area contributed by atoms with Gasteiger partial charge in [-0.05, 0) is 23.6 Å². The van der Waals surface area contributed by atoms with E-state index in [9.17, 15) is 9.90 Å². The molecule has 0 aliphatic carbocycles. The van der Waals surface area contributed by atoms with Gasteiger partial charge in [0, 0.05) is 0 Å². The highest BCUT2D eigenvalue weighted by Crippen LogP contribution is 2.29. The fourth-order valence-electron chi connectivity index (χ4n) is 1.89. The molecule has 0 aromatic heterocycles. The molecule has 4 heteroatoms. The van der Waals surface area contributed by atoms with Crippen LogP contribution in [-0.2, 0) is 4.74 Å². The first kappa shape index (κ1) is 12.6. The molecule has 1 unspecified atom stereocenters. The van der Waals surface area contributed by atoms with Gasteiger partial charge in [-0.25, -0.2) is 9.69 Å². The average molecular weight is 247 g/mol. The van der Waals surface area contributed by atoms with Crippen LogP contribution in [0.1, 0.15) is 19.4 Å². The second-order valence-electron chi connectivity index (χ2n) is 4.69. The number of benzene rings is 1. The number of carboxylic acid groups (broad SMARTS) is 1. The first-order valence-corrected chi connectivity index (χ1v) is 6.00. The summed E-state index contributed by atoms with van der Waals surface area (Å²) in [6.07, 6.45) is 2.14. The van der Waals surface area contributed by atoms with Gasteiger partial charge in [0.15, 0.2) is 6.23 Å². The summed E-state index contributed by atoms with van der Waals surface area (Å²) in [5.74, 6) is 0.367. The van der Waals surface area contributed by atoms with Crippen LogP contribution in [0, 0.1) is 5.92 Å². The summed E-state index contributed by atoms with van der Waals surface area (Å²) in [6.45, 7) is 4.60. The molecule has 2 rings (SSSR count). The lowest BCUT2D eigenvalue weighted by molar-refractivity contribution is 0.0619. The number of anilines is 1. The molecule has 1 heterocycles. The van der Waals surface area contributed by atoms with Gasteiger partial charge in [0.1, 0.15) is 0 Å². The van der Waals surface area contributed by atoms with Crippen LogP contribution in [0.3, 0.4) is 0 Å². The Morgan fingerprint density at radius 3 is 2.83 bits per heavy atom. The van der Waals surface area contributed by atoms with Crippen LogP contribution in [0.4, 0.5) is 10.5 Å². The Hall–Kier alpha value is -1.81. The highest BCUT2D eigenvalue weighted by atomic mass is 16.5. The maximum atomic E-state index is 11.4. The number of ether oxygens (including phenoxy) is 1. The van der Waals surface area contributed by atoms with Crippen molar-refractivity contribution in [1.82, 2.24) is 0 Å². The van der Waals surface area contributed by atoms with Crippen molar-refractivity contribution < 1.29 is 14.6 Å². The standard InChI is InChI=1S/C14H17NO3/c1-10(2)9-18-13-8-7-11-5-3-4-6-12(11)15(13)14(16)17/h3-8,10,13H,9H2,1-2H3,(H,16,17). The minimum absolute atomic E-state index is 0.367. The molecule has 0 saturated carbocycles. The van der Waals surface area contributed by atoms with E-state index in [4.69, 9.17) is 4.74 Å². The van der Waals surface area contributed by atoms with E-state index < -0.39 is 12.3 Å². The lowest BCUT2D eigenvalue weighted by atomic mass is 10.1. The molecule has 1 aromatic carbocycles. The second kappa shape index (κ2) is 5.23. The van der Waals surface area contributed by atoms with Crippen LogP contribution in [-0.4, -0.2) is 24.0 Å². The molecule has 18 heavy (non-hydrogen) atoms. The number of rotatable bonds is 3. The first-order chi connectivity index (χ1) is 8.59. The SMILES string of the molecule is CC(C)COC1C=Cc2ccccc2N1C(=O)O. The van der Waals surface area contributed by atoms with Crippen molar-refractivity contribution in [2.75, 3.05) is 11.5 Å². The first-order valence-electron chi connectivity index (χ1n) is 6.00. The third-order valence-corrected chi connectivity index (χ3v) is 2.70. The number of carbonyl (C=O) groups is 1. The third kappa shape index (κ3) is 2.54. The van der Waals surface area contributed by atoms with Gasteiger partial charge < -0.3 is 9.84 Å². The molecular weight excluding hydrogens is 230 g/mol. The van der Waals surface area contributed by atoms with Crippen molar-refractivity contribution >= 4 is 17.9 Å². The zero-order valence-corrected chi connectivity index (χ0v) is 10.5. The Morgan fingerprint density at radius 1 is 1.44 bits per heavy atom. The van der Waals surface area contributed by atoms with Gasteiger partial charge in [0.05, 0.1) is 12.3 Å². The van der Waals surface area contributed by atoms with Crippen molar-refractivity contribution in [2.24, 2.45) is 5.92 Å². The van der Waals surface area contributed by atoms with Crippen molar-refractivity contribution in [3.8, 4) is 0 Å². The molecule has 1 aliphatic heterocycles. The number of hydrogen-bond donors (Lipinski definition) is 1. The van der Waals surface area contributed by atoms with E-state index in [0.717, 1.165) is 5.56 Å². The van der Waals surface area contributed by atoms with Gasteiger partial charge in [-0.1, -0.05) is 38.1 Å². The van der Waals surface area contributed by atoms with E-state index in [0.29, 0.717) is 18.2 Å². The molecule has 96 valence electrons. The topological polar surface area (TPSA) is 49.8 Å². The fraction of sp³-hybridized carbons (Fsp3) is 0.357. The molecule has 0 radical (unpaired) electrons. The van der Waals surface area contributed by atoms with Crippen LogP contribution in [0.5, 0.6) is 0 Å². The third-order valence-electron chi connectivity index (χ3n) is 2.70. The monoisotopic (exact) mass is 247 g/mol. The van der Waals surface area contributed by atoms with Gasteiger partial charge in [-0.2, -0.15) is 0 Å². The van der Waals surface area contributed by atoms with E-state index in [1.54, 1.807) is 12.1 Å². The van der Waals surface area contributed by atoms with Gasteiger partial charge in [-0.15, -0.1) is 0 Å². The Morgan fingerprint density at radius 2 is 2.17 bits per heavy atom. The van der Waals surface area contributed by atoms with Gasteiger partial charge in [0.2, 0.25) is 0 Å². The van der Waals surface area contributed by atoms with Crippen LogP contribution in [0.15, 0.2) is 30.3 Å². The molecule has 1 aromatic rings. The molecule has 4 nitrogen and oxygen atoms in total. The van der Waals surface area contributed by atoms with E-state index >= 15 is 0 Å². The predicted octanol–water partition coefficient (Wildman–Crippen LogP) is 3.20. The molecule has 1 amide bonds. The number of hydrogen-bond acceptors (Lipinski definition) is 2. The maximum Gasteiger partial charge on any atom is 0.414 e. The van der Waals surface area contributed by atoms with E-state index in [1.165, 1.54) is 4.90 Å². The average Bonchev–Trinajstić information content (AvgIpc) is 2.35. The zero-order chi connectivity index (χ0) is 13.1. The van der Waals surface area contributed by atoms with Crippen LogP contribution >= 0.6 is 0 Å². The number of fused-ring (bicyclic) bond motifs is 1. The summed E-state index contributed by atoms with van der Waals surface area (Å²) in [5, 5.41) is 9.33. The Kier molecular flexibility index (Phi) is 3.67. The Bertz CT molecular complexity index is 468.